The summed E-state index contributed by atoms with van der Waals surface area (Å²) in [6, 6.07) is 6.52. The van der Waals surface area contributed by atoms with Crippen LogP contribution in [0.1, 0.15) is 53.0 Å². The van der Waals surface area contributed by atoms with Crippen LogP contribution < -0.4 is 5.32 Å². The third kappa shape index (κ3) is 7.13. The van der Waals surface area contributed by atoms with Gasteiger partial charge in [-0.25, -0.2) is 4.79 Å². The largest absolute Gasteiger partial charge is 0.481 e. The molecule has 1 aromatic rings. The predicted molar refractivity (Wildman–Crippen MR) is 129 cm³/mol. The van der Waals surface area contributed by atoms with Crippen LogP contribution >= 0.6 is 0 Å². The number of benzene rings is 1. The number of carboxylic acids is 1. The molecule has 0 aliphatic carbocycles. The van der Waals surface area contributed by atoms with Gasteiger partial charge >= 0.3 is 11.9 Å². The van der Waals surface area contributed by atoms with Gasteiger partial charge in [0, 0.05) is 7.11 Å². The van der Waals surface area contributed by atoms with Crippen LogP contribution in [0.2, 0.25) is 0 Å². The number of amides is 3. The van der Waals surface area contributed by atoms with Gasteiger partial charge in [0.1, 0.15) is 24.8 Å². The molecule has 0 bridgehead atoms. The fraction of sp³-hybridized carbons (Fsp3) is 0.577. The van der Waals surface area contributed by atoms with Crippen molar-refractivity contribution in [1.82, 2.24) is 10.2 Å². The number of aliphatic carboxylic acids is 1. The molecule has 36 heavy (non-hydrogen) atoms. The minimum absolute atomic E-state index is 0.00587. The Morgan fingerprint density at radius 1 is 1.14 bits per heavy atom. The van der Waals surface area contributed by atoms with Gasteiger partial charge in [0.25, 0.3) is 5.91 Å². The zero-order chi connectivity index (χ0) is 27.2. The van der Waals surface area contributed by atoms with Crippen LogP contribution in [0.4, 0.5) is 0 Å². The number of carbonyl (C=O) groups excluding carboxylic acids is 4. The molecule has 0 spiro atoms. The molecule has 198 valence electrons. The van der Waals surface area contributed by atoms with Crippen molar-refractivity contribution in [1.29, 1.82) is 0 Å². The number of nitrogens with zero attached hydrogens (tertiary/aromatic N) is 1. The fourth-order valence-corrected chi connectivity index (χ4v) is 4.08. The Morgan fingerprint density at radius 3 is 2.22 bits per heavy atom. The van der Waals surface area contributed by atoms with Crippen LogP contribution in [0, 0.1) is 17.3 Å². The van der Waals surface area contributed by atoms with Crippen molar-refractivity contribution < 1.29 is 38.6 Å². The second kappa shape index (κ2) is 12.1. The molecule has 1 aliphatic heterocycles. The molecule has 2 N–H and O–H groups in total. The van der Waals surface area contributed by atoms with Crippen molar-refractivity contribution in [2.45, 2.75) is 72.3 Å². The summed E-state index contributed by atoms with van der Waals surface area (Å²) in [4.78, 5) is 64.8. The molecule has 0 radical (unpaired) electrons. The van der Waals surface area contributed by atoms with E-state index < -0.39 is 59.2 Å². The zero-order valence-corrected chi connectivity index (χ0v) is 21.6. The normalized spacial score (nSPS) is 18.6. The highest BCUT2D eigenvalue weighted by Gasteiger charge is 2.48. The van der Waals surface area contributed by atoms with Gasteiger partial charge in [-0.3, -0.25) is 24.1 Å². The number of likely N-dealkylation sites (tertiary alicyclic amines) is 1. The lowest BCUT2D eigenvalue weighted by Crippen LogP contribution is -2.56. The topological polar surface area (TPSA) is 139 Å². The summed E-state index contributed by atoms with van der Waals surface area (Å²) < 4.78 is 10.5. The molecule has 3 amide bonds. The first-order chi connectivity index (χ1) is 16.8. The maximum absolute atomic E-state index is 13.5. The summed E-state index contributed by atoms with van der Waals surface area (Å²) in [5.41, 5.74) is -0.00554. The minimum Gasteiger partial charge on any atom is -0.481 e. The molecule has 1 fully saturated rings. The average molecular weight is 505 g/mol. The maximum Gasteiger partial charge on any atom is 0.329 e. The first-order valence-corrected chi connectivity index (χ1v) is 11.9. The molecule has 2 rings (SSSR count). The second-order valence-corrected chi connectivity index (χ2v) is 10.4. The van der Waals surface area contributed by atoms with E-state index >= 15 is 0 Å². The Morgan fingerprint density at radius 2 is 1.75 bits per heavy atom. The van der Waals surface area contributed by atoms with E-state index in [4.69, 9.17) is 9.47 Å². The van der Waals surface area contributed by atoms with Gasteiger partial charge in [-0.05, 0) is 23.3 Å². The van der Waals surface area contributed by atoms with Crippen molar-refractivity contribution in [3.8, 4) is 0 Å². The number of hydrogen-bond acceptors (Lipinski definition) is 7. The lowest BCUT2D eigenvalue weighted by atomic mass is 9.76. The van der Waals surface area contributed by atoms with Crippen LogP contribution in [0.5, 0.6) is 0 Å². The van der Waals surface area contributed by atoms with Gasteiger partial charge in [-0.2, -0.15) is 0 Å². The van der Waals surface area contributed by atoms with Crippen LogP contribution in [-0.2, 0) is 40.1 Å². The molecule has 2 unspecified atom stereocenters. The third-order valence-corrected chi connectivity index (χ3v) is 6.29. The van der Waals surface area contributed by atoms with Gasteiger partial charge < -0.3 is 19.9 Å². The Hall–Kier alpha value is -3.27. The zero-order valence-electron chi connectivity index (χ0n) is 21.6. The standard InChI is InChI=1S/C26H36N2O8/c1-15(2)21(25(34)36-14-16-10-8-7-9-11-16)27-22(30)18(12-17(24(32)33)26(3,4)5)28-20(29)13-19(35-6)23(28)31/h7-11,15,17-19,21H,12-14H2,1-6H3,(H,27,30)(H,32,33)/t17?,18-,19?,21-/m0/s1. The Labute approximate surface area is 211 Å². The first-order valence-electron chi connectivity index (χ1n) is 11.9. The number of ether oxygens (including phenoxy) is 2. The van der Waals surface area contributed by atoms with E-state index in [1.807, 2.05) is 6.07 Å². The summed E-state index contributed by atoms with van der Waals surface area (Å²) in [6.45, 7) is 8.53. The van der Waals surface area contributed by atoms with Crippen molar-refractivity contribution in [2.75, 3.05) is 7.11 Å². The summed E-state index contributed by atoms with van der Waals surface area (Å²) in [5.74, 6) is -5.44. The maximum atomic E-state index is 13.5. The number of nitrogens with one attached hydrogen (secondary N) is 1. The summed E-state index contributed by atoms with van der Waals surface area (Å²) in [5, 5.41) is 12.4. The molecule has 0 saturated carbocycles. The molecule has 4 atom stereocenters. The Bertz CT molecular complexity index is 970. The average Bonchev–Trinajstić information content (AvgIpc) is 3.08. The van der Waals surface area contributed by atoms with Gasteiger partial charge in [0.2, 0.25) is 11.8 Å². The first kappa shape index (κ1) is 29.0. The number of carboxylic acid groups (broad SMARTS) is 1. The van der Waals surface area contributed by atoms with E-state index in [0.717, 1.165) is 10.5 Å². The van der Waals surface area contributed by atoms with Crippen molar-refractivity contribution in [3.63, 3.8) is 0 Å². The lowest BCUT2D eigenvalue weighted by molar-refractivity contribution is -0.156. The van der Waals surface area contributed by atoms with E-state index in [-0.39, 0.29) is 25.4 Å². The molecule has 0 aromatic heterocycles. The highest BCUT2D eigenvalue weighted by Crippen LogP contribution is 2.33. The van der Waals surface area contributed by atoms with E-state index in [1.54, 1.807) is 58.9 Å². The van der Waals surface area contributed by atoms with Crippen molar-refractivity contribution >= 4 is 29.7 Å². The third-order valence-electron chi connectivity index (χ3n) is 6.29. The summed E-state index contributed by atoms with van der Waals surface area (Å²) in [7, 11) is 1.28. The Kier molecular flexibility index (Phi) is 9.75. The second-order valence-electron chi connectivity index (χ2n) is 10.4. The van der Waals surface area contributed by atoms with Crippen molar-refractivity contribution in [3.05, 3.63) is 35.9 Å². The van der Waals surface area contributed by atoms with Crippen LogP contribution in [0.25, 0.3) is 0 Å². The van der Waals surface area contributed by atoms with Gasteiger partial charge in [0.05, 0.1) is 12.3 Å². The lowest BCUT2D eigenvalue weighted by Gasteiger charge is -2.34. The fourth-order valence-electron chi connectivity index (χ4n) is 4.08. The number of hydrogen-bond donors (Lipinski definition) is 2. The number of imide groups is 1. The van der Waals surface area contributed by atoms with E-state index in [9.17, 15) is 29.1 Å². The van der Waals surface area contributed by atoms with Gasteiger partial charge in [-0.15, -0.1) is 0 Å². The van der Waals surface area contributed by atoms with Gasteiger partial charge in [-0.1, -0.05) is 65.0 Å². The number of rotatable bonds is 11. The van der Waals surface area contributed by atoms with Gasteiger partial charge in [0.15, 0.2) is 0 Å². The molecule has 1 saturated heterocycles. The smallest absolute Gasteiger partial charge is 0.329 e. The van der Waals surface area contributed by atoms with Crippen LogP contribution in [-0.4, -0.2) is 65.0 Å². The monoisotopic (exact) mass is 504 g/mol. The molecule has 10 nitrogen and oxygen atoms in total. The summed E-state index contributed by atoms with van der Waals surface area (Å²) in [6.07, 6.45) is -1.62. The highest BCUT2D eigenvalue weighted by molar-refractivity contribution is 6.08. The molecule has 1 heterocycles. The van der Waals surface area contributed by atoms with E-state index in [0.29, 0.717) is 0 Å². The number of carbonyl (C=O) groups is 5. The van der Waals surface area contributed by atoms with Crippen molar-refractivity contribution in [2.24, 2.45) is 17.3 Å². The molecular weight excluding hydrogens is 468 g/mol. The number of esters is 1. The quantitative estimate of drug-likeness (QED) is 0.345. The minimum atomic E-state index is -1.44. The van der Waals surface area contributed by atoms with Crippen LogP contribution in [0.15, 0.2) is 30.3 Å². The SMILES string of the molecule is COC1CC(=O)N([C@@H](CC(C(=O)O)C(C)(C)C)C(=O)N[C@H](C(=O)OCc2ccccc2)C(C)C)C1=O. The predicted octanol–water partition coefficient (Wildman–Crippen LogP) is 2.15. The number of methoxy groups -OCH3 is 1. The highest BCUT2D eigenvalue weighted by atomic mass is 16.5. The van der Waals surface area contributed by atoms with Crippen LogP contribution in [0.3, 0.4) is 0 Å². The van der Waals surface area contributed by atoms with E-state index in [2.05, 4.69) is 5.32 Å². The molecule has 1 aromatic carbocycles. The molecular formula is C26H36N2O8. The molecule has 10 heteroatoms. The molecule has 1 aliphatic rings. The summed E-state index contributed by atoms with van der Waals surface area (Å²) >= 11 is 0. The Balaban J connectivity index is 2.31. The van der Waals surface area contributed by atoms with E-state index in [1.165, 1.54) is 7.11 Å².